The molecule has 0 spiro atoms. The van der Waals surface area contributed by atoms with E-state index in [2.05, 4.69) is 0 Å². The van der Waals surface area contributed by atoms with Crippen molar-refractivity contribution in [3.05, 3.63) is 0 Å². The molecule has 11 heteroatoms. The fourth-order valence-electron chi connectivity index (χ4n) is 5.49. The first kappa shape index (κ1) is 20.9. The number of rotatable bonds is 5. The van der Waals surface area contributed by atoms with Crippen molar-refractivity contribution in [2.24, 2.45) is 23.2 Å². The van der Waals surface area contributed by atoms with Gasteiger partial charge in [0.25, 0.3) is 0 Å². The molecule has 28 heavy (non-hydrogen) atoms. The molecule has 4 saturated carbocycles. The summed E-state index contributed by atoms with van der Waals surface area (Å²) in [5.74, 6) is -26.2. The highest BCUT2D eigenvalue weighted by Gasteiger charge is 2.76. The van der Waals surface area contributed by atoms with E-state index in [1.165, 1.54) is 0 Å². The van der Waals surface area contributed by atoms with Crippen molar-refractivity contribution in [1.82, 2.24) is 4.90 Å². The summed E-state index contributed by atoms with van der Waals surface area (Å²) in [7, 11) is 0.532. The summed E-state index contributed by atoms with van der Waals surface area (Å²) in [5.41, 5.74) is -1.15. The standard InChI is InChI=1S/C17H19F6NO4/c1-24(12(26)15(18,19)17(22,23)16(20,21)13(27)28)11(25)14-5-8-2-9(6-14)4-10(3-8)7-14/h8-10H,2-7H2,1H3,(H,27,28)/p-1. The summed E-state index contributed by atoms with van der Waals surface area (Å²) < 4.78 is 81.3. The summed E-state index contributed by atoms with van der Waals surface area (Å²) in [4.78, 5) is 34.7. The molecule has 4 aliphatic rings. The van der Waals surface area contributed by atoms with E-state index in [-0.39, 0.29) is 22.7 Å². The maximum absolute atomic E-state index is 14.0. The van der Waals surface area contributed by atoms with Gasteiger partial charge in [-0.3, -0.25) is 14.5 Å². The van der Waals surface area contributed by atoms with Gasteiger partial charge in [0.15, 0.2) is 0 Å². The van der Waals surface area contributed by atoms with E-state index in [0.717, 1.165) is 19.3 Å². The summed E-state index contributed by atoms with van der Waals surface area (Å²) in [6.45, 7) is 0. The lowest BCUT2D eigenvalue weighted by Crippen LogP contribution is -2.67. The van der Waals surface area contributed by atoms with E-state index in [9.17, 15) is 45.8 Å². The van der Waals surface area contributed by atoms with Crippen molar-refractivity contribution in [3.63, 3.8) is 0 Å². The summed E-state index contributed by atoms with van der Waals surface area (Å²) >= 11 is 0. The Morgan fingerprint density at radius 1 is 0.857 bits per heavy atom. The first-order valence-electron chi connectivity index (χ1n) is 8.83. The van der Waals surface area contributed by atoms with Crippen LogP contribution in [-0.4, -0.2) is 47.5 Å². The fraction of sp³-hybridized carbons (Fsp3) is 0.824. The van der Waals surface area contributed by atoms with E-state index < -0.39 is 41.0 Å². The number of aliphatic carboxylic acids is 1. The summed E-state index contributed by atoms with van der Waals surface area (Å²) in [6.07, 6.45) is 3.59. The van der Waals surface area contributed by atoms with Gasteiger partial charge < -0.3 is 9.90 Å². The number of hydrogen-bond acceptors (Lipinski definition) is 4. The normalized spacial score (nSPS) is 32.3. The molecule has 0 aliphatic heterocycles. The number of carbonyl (C=O) groups excluding carboxylic acids is 3. The molecule has 0 atom stereocenters. The predicted molar refractivity (Wildman–Crippen MR) is 78.2 cm³/mol. The Balaban J connectivity index is 1.86. The lowest BCUT2D eigenvalue weighted by Gasteiger charge is -2.56. The van der Waals surface area contributed by atoms with Crippen molar-refractivity contribution in [2.75, 3.05) is 7.05 Å². The zero-order valence-corrected chi connectivity index (χ0v) is 14.8. The lowest BCUT2D eigenvalue weighted by molar-refractivity contribution is -0.365. The number of nitrogens with zero attached hydrogens (tertiary/aromatic N) is 1. The minimum atomic E-state index is -6.58. The van der Waals surface area contributed by atoms with Gasteiger partial charge in [0.2, 0.25) is 5.91 Å². The second-order valence-electron chi connectivity index (χ2n) is 8.38. The molecule has 0 saturated heterocycles. The van der Waals surface area contributed by atoms with Gasteiger partial charge in [0.05, 0.1) is 5.41 Å². The number of carboxylic acid groups (broad SMARTS) is 1. The Kier molecular flexibility index (Phi) is 4.55. The van der Waals surface area contributed by atoms with Crippen LogP contribution in [0.15, 0.2) is 0 Å². The van der Waals surface area contributed by atoms with Gasteiger partial charge in [0.1, 0.15) is 5.97 Å². The summed E-state index contributed by atoms with van der Waals surface area (Å²) in [5, 5.41) is 10.2. The molecule has 0 unspecified atom stereocenters. The second-order valence-corrected chi connectivity index (χ2v) is 8.38. The number of halogens is 6. The Hall–Kier alpha value is -1.81. The highest BCUT2D eigenvalue weighted by atomic mass is 19.3. The third-order valence-electron chi connectivity index (χ3n) is 6.41. The maximum Gasteiger partial charge on any atom is 0.393 e. The topological polar surface area (TPSA) is 77.5 Å². The van der Waals surface area contributed by atoms with E-state index in [1.807, 2.05) is 0 Å². The van der Waals surface area contributed by atoms with Crippen LogP contribution in [0.25, 0.3) is 0 Å². The average molecular weight is 414 g/mol. The Morgan fingerprint density at radius 2 is 1.25 bits per heavy atom. The number of imide groups is 1. The van der Waals surface area contributed by atoms with Crippen LogP contribution in [0.4, 0.5) is 26.3 Å². The molecule has 4 fully saturated rings. The van der Waals surface area contributed by atoms with Crippen LogP contribution in [0.5, 0.6) is 0 Å². The smallest absolute Gasteiger partial charge is 0.393 e. The van der Waals surface area contributed by atoms with E-state index >= 15 is 0 Å². The average Bonchev–Trinajstić information content (AvgIpc) is 2.58. The molecule has 0 radical (unpaired) electrons. The number of carbonyl (C=O) groups is 3. The van der Waals surface area contributed by atoms with Gasteiger partial charge in [-0.25, -0.2) is 0 Å². The molecule has 0 aromatic carbocycles. The van der Waals surface area contributed by atoms with Gasteiger partial charge >= 0.3 is 23.7 Å². The van der Waals surface area contributed by atoms with Crippen LogP contribution >= 0.6 is 0 Å². The molecule has 158 valence electrons. The molecule has 2 amide bonds. The van der Waals surface area contributed by atoms with E-state index in [1.54, 1.807) is 0 Å². The van der Waals surface area contributed by atoms with Crippen molar-refractivity contribution < 1.29 is 45.8 Å². The molecule has 0 heterocycles. The highest BCUT2D eigenvalue weighted by molar-refractivity contribution is 6.01. The molecular weight excluding hydrogens is 396 g/mol. The third-order valence-corrected chi connectivity index (χ3v) is 6.41. The monoisotopic (exact) mass is 414 g/mol. The summed E-state index contributed by atoms with van der Waals surface area (Å²) in [6, 6.07) is 0. The van der Waals surface area contributed by atoms with Crippen molar-refractivity contribution >= 4 is 17.8 Å². The third kappa shape index (κ3) is 2.72. The molecule has 5 nitrogen and oxygen atoms in total. The molecule has 4 bridgehead atoms. The molecule has 0 aromatic heterocycles. The maximum atomic E-state index is 14.0. The SMILES string of the molecule is CN(C(=O)C12CC3CC(CC(C3)C1)C2)C(=O)C(F)(F)C(F)(F)C(F)(F)C(=O)[O-]. The largest absolute Gasteiger partial charge is 0.544 e. The van der Waals surface area contributed by atoms with Crippen LogP contribution < -0.4 is 5.11 Å². The Bertz CT molecular complexity index is 687. The minimum Gasteiger partial charge on any atom is -0.544 e. The van der Waals surface area contributed by atoms with Gasteiger partial charge in [-0.15, -0.1) is 0 Å². The minimum absolute atomic E-state index is 0.170. The van der Waals surface area contributed by atoms with Crippen LogP contribution in [0.2, 0.25) is 0 Å². The molecule has 0 aromatic rings. The zero-order valence-electron chi connectivity index (χ0n) is 14.8. The van der Waals surface area contributed by atoms with Crippen molar-refractivity contribution in [1.29, 1.82) is 0 Å². The van der Waals surface area contributed by atoms with Crippen molar-refractivity contribution in [2.45, 2.75) is 56.3 Å². The van der Waals surface area contributed by atoms with E-state index in [0.29, 0.717) is 26.3 Å². The second kappa shape index (κ2) is 6.09. The van der Waals surface area contributed by atoms with Crippen LogP contribution in [0, 0.1) is 23.2 Å². The highest BCUT2D eigenvalue weighted by Crippen LogP contribution is 2.60. The van der Waals surface area contributed by atoms with Gasteiger partial charge in [-0.1, -0.05) is 0 Å². The fourth-order valence-corrected chi connectivity index (χ4v) is 5.49. The Morgan fingerprint density at radius 3 is 1.61 bits per heavy atom. The van der Waals surface area contributed by atoms with Crippen LogP contribution in [0.1, 0.15) is 38.5 Å². The van der Waals surface area contributed by atoms with Crippen LogP contribution in [-0.2, 0) is 14.4 Å². The first-order chi connectivity index (χ1) is 12.7. The van der Waals surface area contributed by atoms with Crippen molar-refractivity contribution in [3.8, 4) is 0 Å². The van der Waals surface area contributed by atoms with Gasteiger partial charge in [0, 0.05) is 7.05 Å². The molecule has 4 aliphatic carbocycles. The predicted octanol–water partition coefficient (Wildman–Crippen LogP) is 1.84. The lowest BCUT2D eigenvalue weighted by atomic mass is 9.49. The van der Waals surface area contributed by atoms with Gasteiger partial charge in [-0.2, -0.15) is 26.3 Å². The number of carboxylic acids is 1. The molecule has 4 rings (SSSR count). The zero-order chi connectivity index (χ0) is 21.3. The van der Waals surface area contributed by atoms with Gasteiger partial charge in [-0.05, 0) is 56.3 Å². The number of hydrogen-bond donors (Lipinski definition) is 0. The van der Waals surface area contributed by atoms with E-state index in [4.69, 9.17) is 0 Å². The first-order valence-corrected chi connectivity index (χ1v) is 8.83. The Labute approximate surface area is 156 Å². The molecule has 0 N–H and O–H groups in total. The van der Waals surface area contributed by atoms with Crippen LogP contribution in [0.3, 0.4) is 0 Å². The molecular formula is C17H18F6NO4-. The quantitative estimate of drug-likeness (QED) is 0.644. The number of alkyl halides is 6. The number of amides is 2.